The Balaban J connectivity index is 3.19. The first-order chi connectivity index (χ1) is 8.60. The van der Waals surface area contributed by atoms with Crippen LogP contribution in [0, 0.1) is 17.1 Å². The molecule has 6 heteroatoms. The van der Waals surface area contributed by atoms with Crippen LogP contribution in [0.1, 0.15) is 26.3 Å². The lowest BCUT2D eigenvalue weighted by molar-refractivity contribution is 0.510. The number of nitriles is 1. The number of nitrogens with zero attached hydrogens (tertiary/aromatic N) is 1. The molecule has 0 N–H and O–H groups in total. The summed E-state index contributed by atoms with van der Waals surface area (Å²) >= 11 is 3.24. The van der Waals surface area contributed by atoms with Gasteiger partial charge in [0.25, 0.3) is 0 Å². The Morgan fingerprint density at radius 3 is 2.58 bits per heavy atom. The molecule has 0 radical (unpaired) electrons. The number of hydrogen-bond acceptors (Lipinski definition) is 3. The van der Waals surface area contributed by atoms with Gasteiger partial charge in [-0.25, -0.2) is 12.8 Å². The van der Waals surface area contributed by atoms with E-state index in [1.165, 1.54) is 13.0 Å². The molecule has 1 unspecified atom stereocenters. The van der Waals surface area contributed by atoms with E-state index in [1.54, 1.807) is 32.0 Å². The number of benzene rings is 1. The molecule has 0 spiro atoms. The first kappa shape index (κ1) is 16.1. The SMILES string of the molecule is CC(C#N)S(=O)(=O)CC(C)(C)c1cc(Br)ccc1F. The second-order valence-corrected chi connectivity index (χ2v) is 8.32. The summed E-state index contributed by atoms with van der Waals surface area (Å²) in [5.41, 5.74) is -0.590. The van der Waals surface area contributed by atoms with Gasteiger partial charge in [0, 0.05) is 9.89 Å². The van der Waals surface area contributed by atoms with Crippen molar-refractivity contribution in [3.63, 3.8) is 0 Å². The molecule has 0 amide bonds. The smallest absolute Gasteiger partial charge is 0.167 e. The molecule has 0 saturated carbocycles. The fraction of sp³-hybridized carbons (Fsp3) is 0.462. The maximum atomic E-state index is 13.8. The first-order valence-electron chi connectivity index (χ1n) is 5.67. The molecule has 0 aliphatic rings. The molecule has 104 valence electrons. The lowest BCUT2D eigenvalue weighted by atomic mass is 9.86. The summed E-state index contributed by atoms with van der Waals surface area (Å²) in [7, 11) is -3.59. The number of halogens is 2. The third kappa shape index (κ3) is 3.77. The summed E-state index contributed by atoms with van der Waals surface area (Å²) in [6, 6.07) is 6.14. The predicted molar refractivity (Wildman–Crippen MR) is 76.0 cm³/mol. The van der Waals surface area contributed by atoms with Crippen LogP contribution >= 0.6 is 15.9 Å². The van der Waals surface area contributed by atoms with E-state index in [9.17, 15) is 12.8 Å². The minimum Gasteiger partial charge on any atom is -0.227 e. The highest BCUT2D eigenvalue weighted by Gasteiger charge is 2.33. The van der Waals surface area contributed by atoms with Gasteiger partial charge in [0.15, 0.2) is 9.84 Å². The van der Waals surface area contributed by atoms with E-state index in [4.69, 9.17) is 5.26 Å². The Morgan fingerprint density at radius 1 is 1.47 bits per heavy atom. The van der Waals surface area contributed by atoms with Crippen molar-refractivity contribution in [3.05, 3.63) is 34.1 Å². The standard InChI is InChI=1S/C13H15BrFNO2S/c1-9(7-16)19(17,18)8-13(2,3)11-6-10(14)4-5-12(11)15/h4-6,9H,8H2,1-3H3. The minimum absolute atomic E-state index is 0.276. The van der Waals surface area contributed by atoms with Crippen molar-refractivity contribution in [2.75, 3.05) is 5.75 Å². The van der Waals surface area contributed by atoms with Crippen molar-refractivity contribution in [1.82, 2.24) is 0 Å². The van der Waals surface area contributed by atoms with Gasteiger partial charge in [0.2, 0.25) is 0 Å². The van der Waals surface area contributed by atoms with E-state index >= 15 is 0 Å². The monoisotopic (exact) mass is 347 g/mol. The van der Waals surface area contributed by atoms with Gasteiger partial charge in [0.05, 0.1) is 11.8 Å². The van der Waals surface area contributed by atoms with E-state index in [0.717, 1.165) is 0 Å². The van der Waals surface area contributed by atoms with Crippen LogP contribution in [-0.4, -0.2) is 19.4 Å². The fourth-order valence-corrected chi connectivity index (χ4v) is 3.74. The Kier molecular flexibility index (Phi) is 4.75. The van der Waals surface area contributed by atoms with Crippen LogP contribution < -0.4 is 0 Å². The average molecular weight is 348 g/mol. The van der Waals surface area contributed by atoms with Crippen LogP contribution in [0.5, 0.6) is 0 Å². The molecular formula is C13H15BrFNO2S. The van der Waals surface area contributed by atoms with Gasteiger partial charge >= 0.3 is 0 Å². The van der Waals surface area contributed by atoms with E-state index in [2.05, 4.69) is 15.9 Å². The van der Waals surface area contributed by atoms with Crippen molar-refractivity contribution < 1.29 is 12.8 Å². The van der Waals surface area contributed by atoms with Crippen LogP contribution in [-0.2, 0) is 15.3 Å². The van der Waals surface area contributed by atoms with Gasteiger partial charge in [-0.05, 0) is 30.7 Å². The number of sulfone groups is 1. The summed E-state index contributed by atoms with van der Waals surface area (Å²) in [5, 5.41) is 7.63. The zero-order chi connectivity index (χ0) is 14.8. The largest absolute Gasteiger partial charge is 0.227 e. The van der Waals surface area contributed by atoms with Gasteiger partial charge in [-0.15, -0.1) is 0 Å². The van der Waals surface area contributed by atoms with E-state index in [0.29, 0.717) is 10.0 Å². The summed E-state index contributed by atoms with van der Waals surface area (Å²) in [4.78, 5) is 0. The topological polar surface area (TPSA) is 57.9 Å². The summed E-state index contributed by atoms with van der Waals surface area (Å²) in [6.07, 6.45) is 0. The van der Waals surface area contributed by atoms with Gasteiger partial charge in [-0.3, -0.25) is 0 Å². The van der Waals surface area contributed by atoms with Crippen LogP contribution in [0.4, 0.5) is 4.39 Å². The van der Waals surface area contributed by atoms with Crippen molar-refractivity contribution in [3.8, 4) is 6.07 Å². The number of rotatable bonds is 4. The van der Waals surface area contributed by atoms with E-state index in [1.807, 2.05) is 0 Å². The molecule has 19 heavy (non-hydrogen) atoms. The molecule has 0 aliphatic carbocycles. The zero-order valence-corrected chi connectivity index (χ0v) is 13.3. The molecule has 1 aromatic rings. The van der Waals surface area contributed by atoms with Crippen LogP contribution in [0.25, 0.3) is 0 Å². The van der Waals surface area contributed by atoms with Crippen molar-refractivity contribution >= 4 is 25.8 Å². The third-order valence-corrected chi connectivity index (χ3v) is 5.74. The predicted octanol–water partition coefficient (Wildman–Crippen LogP) is 3.19. The molecule has 0 heterocycles. The third-order valence-electron chi connectivity index (χ3n) is 2.94. The molecule has 1 atom stereocenters. The van der Waals surface area contributed by atoms with Crippen LogP contribution in [0.15, 0.2) is 22.7 Å². The van der Waals surface area contributed by atoms with Gasteiger partial charge in [-0.1, -0.05) is 29.8 Å². The summed E-state index contributed by atoms with van der Waals surface area (Å²) in [5.74, 6) is -0.727. The van der Waals surface area contributed by atoms with Crippen LogP contribution in [0.2, 0.25) is 0 Å². The van der Waals surface area contributed by atoms with Crippen molar-refractivity contribution in [2.45, 2.75) is 31.4 Å². The van der Waals surface area contributed by atoms with Crippen molar-refractivity contribution in [1.29, 1.82) is 5.26 Å². The molecule has 0 bridgehead atoms. The Hall–Kier alpha value is -0.930. The second kappa shape index (κ2) is 5.59. The molecule has 3 nitrogen and oxygen atoms in total. The molecule has 0 fully saturated rings. The summed E-state index contributed by atoms with van der Waals surface area (Å²) < 4.78 is 38.5. The van der Waals surface area contributed by atoms with Crippen molar-refractivity contribution in [2.24, 2.45) is 0 Å². The lowest BCUT2D eigenvalue weighted by Crippen LogP contribution is -2.33. The molecule has 1 rings (SSSR count). The van der Waals surface area contributed by atoms with Crippen LogP contribution in [0.3, 0.4) is 0 Å². The zero-order valence-electron chi connectivity index (χ0n) is 10.9. The number of hydrogen-bond donors (Lipinski definition) is 0. The lowest BCUT2D eigenvalue weighted by Gasteiger charge is -2.26. The maximum Gasteiger partial charge on any atom is 0.167 e. The summed E-state index contributed by atoms with van der Waals surface area (Å²) in [6.45, 7) is 4.64. The molecule has 0 aromatic heterocycles. The molecule has 1 aromatic carbocycles. The minimum atomic E-state index is -3.59. The second-order valence-electron chi connectivity index (χ2n) is 5.09. The Morgan fingerprint density at radius 2 is 2.05 bits per heavy atom. The van der Waals surface area contributed by atoms with E-state index < -0.39 is 26.3 Å². The molecular weight excluding hydrogens is 333 g/mol. The molecule has 0 aliphatic heterocycles. The highest BCUT2D eigenvalue weighted by Crippen LogP contribution is 2.30. The Bertz CT molecular complexity index is 620. The first-order valence-corrected chi connectivity index (χ1v) is 8.18. The van der Waals surface area contributed by atoms with Gasteiger partial charge in [-0.2, -0.15) is 5.26 Å². The molecule has 0 saturated heterocycles. The quantitative estimate of drug-likeness (QED) is 0.840. The highest BCUT2D eigenvalue weighted by molar-refractivity contribution is 9.10. The normalized spacial score (nSPS) is 13.9. The average Bonchev–Trinajstić information content (AvgIpc) is 2.29. The fourth-order valence-electron chi connectivity index (χ4n) is 1.80. The van der Waals surface area contributed by atoms with Gasteiger partial charge in [0.1, 0.15) is 11.1 Å². The van der Waals surface area contributed by atoms with E-state index in [-0.39, 0.29) is 5.75 Å². The highest BCUT2D eigenvalue weighted by atomic mass is 79.9. The van der Waals surface area contributed by atoms with Gasteiger partial charge < -0.3 is 0 Å². The Labute approximate surface area is 121 Å². The maximum absolute atomic E-state index is 13.8.